The Labute approximate surface area is 110 Å². The Morgan fingerprint density at radius 2 is 2.12 bits per heavy atom. The molecule has 94 valence electrons. The number of nitrogens with one attached hydrogen (secondary N) is 1. The molecule has 0 bridgehead atoms. The summed E-state index contributed by atoms with van der Waals surface area (Å²) in [6.45, 7) is 6.45. The highest BCUT2D eigenvalue weighted by Crippen LogP contribution is 2.12. The summed E-state index contributed by atoms with van der Waals surface area (Å²) >= 11 is 3.50. The number of alkyl halides is 1. The van der Waals surface area contributed by atoms with Gasteiger partial charge in [0.25, 0.3) is 5.91 Å². The smallest absolute Gasteiger partial charge is 0.251 e. The van der Waals surface area contributed by atoms with Gasteiger partial charge in [0.2, 0.25) is 0 Å². The van der Waals surface area contributed by atoms with Gasteiger partial charge in [0.05, 0.1) is 0 Å². The molecule has 1 unspecified atom stereocenters. The molecule has 0 aliphatic rings. The minimum absolute atomic E-state index is 0.160. The first-order valence-electron chi connectivity index (χ1n) is 5.60. The van der Waals surface area contributed by atoms with Gasteiger partial charge >= 0.3 is 0 Å². The van der Waals surface area contributed by atoms with Crippen LogP contribution >= 0.6 is 15.9 Å². The number of benzene rings is 1. The van der Waals surface area contributed by atoms with Crippen LogP contribution in [-0.4, -0.2) is 17.3 Å². The van der Waals surface area contributed by atoms with Crippen molar-refractivity contribution < 1.29 is 9.18 Å². The molecule has 0 aromatic heterocycles. The van der Waals surface area contributed by atoms with Crippen LogP contribution in [0.2, 0.25) is 0 Å². The van der Waals surface area contributed by atoms with Crippen LogP contribution in [0.25, 0.3) is 0 Å². The maximum absolute atomic E-state index is 12.9. The number of carbonyl (C=O) groups is 1. The molecule has 1 rings (SSSR count). The topological polar surface area (TPSA) is 29.1 Å². The fraction of sp³-hybridized carbons (Fsp3) is 0.462. The quantitative estimate of drug-likeness (QED) is 0.850. The van der Waals surface area contributed by atoms with Gasteiger partial charge in [0.15, 0.2) is 0 Å². The zero-order chi connectivity index (χ0) is 13.0. The van der Waals surface area contributed by atoms with Crippen LogP contribution in [0.5, 0.6) is 0 Å². The molecule has 4 heteroatoms. The van der Waals surface area contributed by atoms with E-state index in [1.807, 2.05) is 0 Å². The predicted molar refractivity (Wildman–Crippen MR) is 71.0 cm³/mol. The fourth-order valence-corrected chi connectivity index (χ4v) is 1.56. The lowest BCUT2D eigenvalue weighted by Gasteiger charge is -2.15. The second-order valence-electron chi connectivity index (χ2n) is 4.43. The molecule has 0 aliphatic carbocycles. The molecule has 1 amide bonds. The Hall–Kier alpha value is -0.900. The first kappa shape index (κ1) is 14.2. The number of aryl methyl sites for hydroxylation is 1. The number of halogens is 2. The van der Waals surface area contributed by atoms with Gasteiger partial charge in [-0.2, -0.15) is 0 Å². The molecule has 1 aromatic carbocycles. The highest BCUT2D eigenvalue weighted by molar-refractivity contribution is 9.09. The van der Waals surface area contributed by atoms with Gasteiger partial charge in [0.1, 0.15) is 5.82 Å². The molecule has 0 aliphatic heterocycles. The molecule has 2 nitrogen and oxygen atoms in total. The Morgan fingerprint density at radius 1 is 1.47 bits per heavy atom. The lowest BCUT2D eigenvalue weighted by Crippen LogP contribution is -2.32. The molecule has 1 atom stereocenters. The van der Waals surface area contributed by atoms with Crippen molar-refractivity contribution in [1.82, 2.24) is 5.32 Å². The monoisotopic (exact) mass is 301 g/mol. The van der Waals surface area contributed by atoms with Gasteiger partial charge in [-0.15, -0.1) is 0 Å². The Balaban J connectivity index is 2.64. The molecular weight excluding hydrogens is 285 g/mol. The highest BCUT2D eigenvalue weighted by atomic mass is 79.9. The highest BCUT2D eigenvalue weighted by Gasteiger charge is 2.13. The van der Waals surface area contributed by atoms with E-state index in [9.17, 15) is 9.18 Å². The van der Waals surface area contributed by atoms with E-state index in [-0.39, 0.29) is 16.6 Å². The molecule has 0 heterocycles. The van der Waals surface area contributed by atoms with Gasteiger partial charge in [0, 0.05) is 16.9 Å². The average Bonchev–Trinajstić information content (AvgIpc) is 2.25. The van der Waals surface area contributed by atoms with Crippen LogP contribution < -0.4 is 5.32 Å². The molecule has 1 N–H and O–H groups in total. The van der Waals surface area contributed by atoms with Gasteiger partial charge < -0.3 is 5.32 Å². The number of amides is 1. The lowest BCUT2D eigenvalue weighted by atomic mass is 10.1. The van der Waals surface area contributed by atoms with E-state index in [1.54, 1.807) is 6.92 Å². The summed E-state index contributed by atoms with van der Waals surface area (Å²) in [4.78, 5) is 12.1. The largest absolute Gasteiger partial charge is 0.351 e. The molecule has 0 saturated heterocycles. The zero-order valence-corrected chi connectivity index (χ0v) is 11.8. The molecule has 0 spiro atoms. The third-order valence-electron chi connectivity index (χ3n) is 2.61. The third-order valence-corrected chi connectivity index (χ3v) is 4.00. The van der Waals surface area contributed by atoms with Gasteiger partial charge in [-0.3, -0.25) is 4.79 Å². The molecular formula is C13H17BrFNO. The van der Waals surface area contributed by atoms with Crippen LogP contribution in [0.15, 0.2) is 18.2 Å². The third kappa shape index (κ3) is 4.11. The Bertz CT molecular complexity index is 406. The average molecular weight is 302 g/mol. The molecule has 1 aromatic rings. The van der Waals surface area contributed by atoms with Crippen molar-refractivity contribution in [2.24, 2.45) is 5.92 Å². The van der Waals surface area contributed by atoms with E-state index in [4.69, 9.17) is 0 Å². The minimum atomic E-state index is -0.320. The van der Waals surface area contributed by atoms with Gasteiger partial charge in [-0.1, -0.05) is 29.8 Å². The van der Waals surface area contributed by atoms with Gasteiger partial charge in [-0.25, -0.2) is 4.39 Å². The number of rotatable bonds is 4. The van der Waals surface area contributed by atoms with E-state index in [1.165, 1.54) is 18.2 Å². The molecule has 0 fully saturated rings. The SMILES string of the molecule is Cc1cc(F)ccc1C(=O)NCC(Br)C(C)C. The Morgan fingerprint density at radius 3 is 2.65 bits per heavy atom. The van der Waals surface area contributed by atoms with Crippen molar-refractivity contribution >= 4 is 21.8 Å². The summed E-state index contributed by atoms with van der Waals surface area (Å²) < 4.78 is 12.9. The van der Waals surface area contributed by atoms with E-state index in [0.717, 1.165) is 0 Å². The van der Waals surface area contributed by atoms with E-state index >= 15 is 0 Å². The van der Waals surface area contributed by atoms with Crippen molar-refractivity contribution in [3.8, 4) is 0 Å². The van der Waals surface area contributed by atoms with Crippen LogP contribution in [0, 0.1) is 18.7 Å². The second-order valence-corrected chi connectivity index (χ2v) is 5.61. The summed E-state index contributed by atoms with van der Waals surface area (Å²) in [6.07, 6.45) is 0. The summed E-state index contributed by atoms with van der Waals surface area (Å²) in [6, 6.07) is 4.18. The normalized spacial score (nSPS) is 12.6. The predicted octanol–water partition coefficient (Wildman–Crippen LogP) is 3.28. The summed E-state index contributed by atoms with van der Waals surface area (Å²) in [5.41, 5.74) is 1.17. The van der Waals surface area contributed by atoms with Crippen molar-refractivity contribution in [1.29, 1.82) is 0 Å². The minimum Gasteiger partial charge on any atom is -0.351 e. The number of carbonyl (C=O) groups excluding carboxylic acids is 1. The molecule has 0 radical (unpaired) electrons. The summed E-state index contributed by atoms with van der Waals surface area (Å²) in [5.74, 6) is -0.0307. The van der Waals surface area contributed by atoms with Crippen LogP contribution in [0.4, 0.5) is 4.39 Å². The molecule has 0 saturated carbocycles. The Kier molecular flexibility index (Phi) is 5.12. The first-order chi connectivity index (χ1) is 7.91. The summed E-state index contributed by atoms with van der Waals surface area (Å²) in [7, 11) is 0. The lowest BCUT2D eigenvalue weighted by molar-refractivity contribution is 0.0952. The zero-order valence-electron chi connectivity index (χ0n) is 10.3. The van der Waals surface area contributed by atoms with Crippen LogP contribution in [0.3, 0.4) is 0 Å². The van der Waals surface area contributed by atoms with E-state index in [0.29, 0.717) is 23.6 Å². The fourth-order valence-electron chi connectivity index (χ4n) is 1.40. The van der Waals surface area contributed by atoms with Crippen molar-refractivity contribution in [3.63, 3.8) is 0 Å². The molecule has 17 heavy (non-hydrogen) atoms. The van der Waals surface area contributed by atoms with Gasteiger partial charge in [-0.05, 0) is 36.6 Å². The van der Waals surface area contributed by atoms with E-state index < -0.39 is 0 Å². The van der Waals surface area contributed by atoms with Crippen LogP contribution in [0.1, 0.15) is 29.8 Å². The van der Waals surface area contributed by atoms with Crippen molar-refractivity contribution in [3.05, 3.63) is 35.1 Å². The van der Waals surface area contributed by atoms with Crippen molar-refractivity contribution in [2.45, 2.75) is 25.6 Å². The maximum Gasteiger partial charge on any atom is 0.251 e. The first-order valence-corrected chi connectivity index (χ1v) is 6.51. The standard InChI is InChI=1S/C13H17BrFNO/c1-8(2)12(14)7-16-13(17)11-5-4-10(15)6-9(11)3/h4-6,8,12H,7H2,1-3H3,(H,16,17). The number of hydrogen-bond donors (Lipinski definition) is 1. The van der Waals surface area contributed by atoms with Crippen LogP contribution in [-0.2, 0) is 0 Å². The van der Waals surface area contributed by atoms with E-state index in [2.05, 4.69) is 35.1 Å². The maximum atomic E-state index is 12.9. The number of hydrogen-bond acceptors (Lipinski definition) is 1. The summed E-state index contributed by atoms with van der Waals surface area (Å²) in [5, 5.41) is 2.83. The van der Waals surface area contributed by atoms with Crippen molar-refractivity contribution in [2.75, 3.05) is 6.54 Å². The second kappa shape index (κ2) is 6.15.